The van der Waals surface area contributed by atoms with Crippen LogP contribution in [0.15, 0.2) is 30.4 Å². The van der Waals surface area contributed by atoms with Gasteiger partial charge < -0.3 is 10.5 Å². The highest BCUT2D eigenvalue weighted by molar-refractivity contribution is 5.40. The Hall–Kier alpha value is -1.28. The Kier molecular flexibility index (Phi) is 3.13. The Morgan fingerprint density at radius 2 is 2.17 bits per heavy atom. The van der Waals surface area contributed by atoms with Gasteiger partial charge in [0.05, 0.1) is 0 Å². The van der Waals surface area contributed by atoms with Crippen molar-refractivity contribution < 1.29 is 4.74 Å². The summed E-state index contributed by atoms with van der Waals surface area (Å²) in [4.78, 5) is 0. The number of aryl methyl sites for hydroxylation is 1. The summed E-state index contributed by atoms with van der Waals surface area (Å²) in [6.45, 7) is 2.10. The van der Waals surface area contributed by atoms with E-state index in [1.54, 1.807) is 0 Å². The van der Waals surface area contributed by atoms with Gasteiger partial charge in [0, 0.05) is 18.0 Å². The summed E-state index contributed by atoms with van der Waals surface area (Å²) in [5.74, 6) is 1.63. The molecule has 3 unspecified atom stereocenters. The van der Waals surface area contributed by atoms with Gasteiger partial charge in [-0.3, -0.25) is 0 Å². The molecule has 0 bridgehead atoms. The fraction of sp³-hybridized carbons (Fsp3) is 0.500. The van der Waals surface area contributed by atoms with Crippen molar-refractivity contribution in [2.24, 2.45) is 11.7 Å². The normalized spacial score (nSPS) is 30.7. The van der Waals surface area contributed by atoms with E-state index >= 15 is 0 Å². The number of hydrogen-bond acceptors (Lipinski definition) is 2. The molecule has 0 fully saturated rings. The summed E-state index contributed by atoms with van der Waals surface area (Å²) < 4.78 is 6.18. The molecule has 1 aliphatic carbocycles. The van der Waals surface area contributed by atoms with E-state index in [0.717, 1.165) is 18.6 Å². The van der Waals surface area contributed by atoms with E-state index in [9.17, 15) is 0 Å². The van der Waals surface area contributed by atoms with Crippen molar-refractivity contribution in [2.45, 2.75) is 44.8 Å². The minimum atomic E-state index is 0.129. The fourth-order valence-electron chi connectivity index (χ4n) is 3.10. The molecule has 3 rings (SSSR count). The van der Waals surface area contributed by atoms with Gasteiger partial charge in [0.15, 0.2) is 0 Å². The standard InChI is InChI=1S/C16H21NO/c1-11-7-8-15-13(9-11)14(17)10-16(18-15)12-5-3-2-4-6-12/h2-3,7-9,12,14,16H,4-6,10,17H2,1H3. The van der Waals surface area contributed by atoms with Crippen LogP contribution in [0.3, 0.4) is 0 Å². The lowest BCUT2D eigenvalue weighted by atomic mass is 9.83. The van der Waals surface area contributed by atoms with Crippen LogP contribution in [-0.2, 0) is 0 Å². The number of fused-ring (bicyclic) bond motifs is 1. The second-order valence-electron chi connectivity index (χ2n) is 5.58. The van der Waals surface area contributed by atoms with Crippen molar-refractivity contribution in [1.82, 2.24) is 0 Å². The second-order valence-corrected chi connectivity index (χ2v) is 5.58. The summed E-state index contributed by atoms with van der Waals surface area (Å²) in [7, 11) is 0. The molecule has 0 aromatic heterocycles. The van der Waals surface area contributed by atoms with Gasteiger partial charge in [0.1, 0.15) is 11.9 Å². The van der Waals surface area contributed by atoms with Crippen LogP contribution in [0, 0.1) is 12.8 Å². The Morgan fingerprint density at radius 3 is 2.94 bits per heavy atom. The van der Waals surface area contributed by atoms with Crippen molar-refractivity contribution in [3.8, 4) is 5.75 Å². The molecule has 0 spiro atoms. The molecule has 2 nitrogen and oxygen atoms in total. The monoisotopic (exact) mass is 243 g/mol. The third-order valence-electron chi connectivity index (χ3n) is 4.16. The number of ether oxygens (including phenoxy) is 1. The number of rotatable bonds is 1. The van der Waals surface area contributed by atoms with Crippen molar-refractivity contribution in [2.75, 3.05) is 0 Å². The quantitative estimate of drug-likeness (QED) is 0.766. The first-order valence-corrected chi connectivity index (χ1v) is 6.92. The highest BCUT2D eigenvalue weighted by atomic mass is 16.5. The smallest absolute Gasteiger partial charge is 0.124 e. The average Bonchev–Trinajstić information content (AvgIpc) is 2.40. The van der Waals surface area contributed by atoms with E-state index in [1.165, 1.54) is 24.0 Å². The molecule has 1 aromatic carbocycles. The Labute approximate surface area is 109 Å². The van der Waals surface area contributed by atoms with Gasteiger partial charge in [0.2, 0.25) is 0 Å². The molecule has 2 N–H and O–H groups in total. The summed E-state index contributed by atoms with van der Waals surface area (Å²) >= 11 is 0. The van der Waals surface area contributed by atoms with Gasteiger partial charge in [-0.25, -0.2) is 0 Å². The Bertz CT molecular complexity index is 466. The maximum absolute atomic E-state index is 6.31. The van der Waals surface area contributed by atoms with Gasteiger partial charge in [-0.2, -0.15) is 0 Å². The molecule has 1 heterocycles. The SMILES string of the molecule is Cc1ccc2c(c1)C(N)CC(C1CC=CCC1)O2. The Balaban J connectivity index is 1.82. The number of hydrogen-bond donors (Lipinski definition) is 1. The predicted molar refractivity (Wildman–Crippen MR) is 73.6 cm³/mol. The topological polar surface area (TPSA) is 35.2 Å². The largest absolute Gasteiger partial charge is 0.490 e. The van der Waals surface area contributed by atoms with Crippen LogP contribution in [0.1, 0.15) is 42.9 Å². The molecule has 0 saturated heterocycles. The first-order valence-electron chi connectivity index (χ1n) is 6.92. The average molecular weight is 243 g/mol. The molecule has 2 aliphatic rings. The van der Waals surface area contributed by atoms with Crippen molar-refractivity contribution in [3.63, 3.8) is 0 Å². The second kappa shape index (κ2) is 4.77. The molecular weight excluding hydrogens is 222 g/mol. The molecule has 96 valence electrons. The summed E-state index contributed by atoms with van der Waals surface area (Å²) in [5.41, 5.74) is 8.75. The zero-order chi connectivity index (χ0) is 12.5. The van der Waals surface area contributed by atoms with Crippen LogP contribution >= 0.6 is 0 Å². The van der Waals surface area contributed by atoms with E-state index in [1.807, 2.05) is 0 Å². The zero-order valence-electron chi connectivity index (χ0n) is 10.9. The van der Waals surface area contributed by atoms with Crippen LogP contribution in [-0.4, -0.2) is 6.10 Å². The molecule has 2 heteroatoms. The summed E-state index contributed by atoms with van der Waals surface area (Å²) in [6, 6.07) is 6.48. The first kappa shape index (κ1) is 11.8. The lowest BCUT2D eigenvalue weighted by molar-refractivity contribution is 0.0937. The van der Waals surface area contributed by atoms with Crippen molar-refractivity contribution in [1.29, 1.82) is 0 Å². The molecule has 1 aromatic rings. The minimum Gasteiger partial charge on any atom is -0.490 e. The first-order chi connectivity index (χ1) is 8.74. The van der Waals surface area contributed by atoms with Crippen LogP contribution in [0.2, 0.25) is 0 Å². The van der Waals surface area contributed by atoms with Gasteiger partial charge in [0.25, 0.3) is 0 Å². The van der Waals surface area contributed by atoms with Crippen LogP contribution in [0.25, 0.3) is 0 Å². The highest BCUT2D eigenvalue weighted by Crippen LogP contribution is 2.38. The maximum atomic E-state index is 6.31. The molecule has 18 heavy (non-hydrogen) atoms. The predicted octanol–water partition coefficient (Wildman–Crippen LogP) is 3.50. The van der Waals surface area contributed by atoms with Gasteiger partial charge in [-0.1, -0.05) is 29.8 Å². The number of nitrogens with two attached hydrogens (primary N) is 1. The van der Waals surface area contributed by atoms with Crippen LogP contribution < -0.4 is 10.5 Å². The summed E-state index contributed by atoms with van der Waals surface area (Å²) in [6.07, 6.45) is 9.35. The van der Waals surface area contributed by atoms with E-state index < -0.39 is 0 Å². The molecule has 0 saturated carbocycles. The van der Waals surface area contributed by atoms with E-state index in [4.69, 9.17) is 10.5 Å². The lowest BCUT2D eigenvalue weighted by Gasteiger charge is -2.36. The van der Waals surface area contributed by atoms with Gasteiger partial charge in [-0.15, -0.1) is 0 Å². The van der Waals surface area contributed by atoms with Gasteiger partial charge in [-0.05, 0) is 38.2 Å². The molecule has 3 atom stereocenters. The Morgan fingerprint density at radius 1 is 1.28 bits per heavy atom. The van der Waals surface area contributed by atoms with Crippen molar-refractivity contribution in [3.05, 3.63) is 41.5 Å². The van der Waals surface area contributed by atoms with E-state index in [2.05, 4.69) is 37.3 Å². The lowest BCUT2D eigenvalue weighted by Crippen LogP contribution is -2.35. The molecular formula is C16H21NO. The molecule has 0 radical (unpaired) electrons. The van der Waals surface area contributed by atoms with Gasteiger partial charge >= 0.3 is 0 Å². The number of benzene rings is 1. The maximum Gasteiger partial charge on any atom is 0.124 e. The van der Waals surface area contributed by atoms with Crippen LogP contribution in [0.5, 0.6) is 5.75 Å². The fourth-order valence-corrected chi connectivity index (χ4v) is 3.10. The zero-order valence-corrected chi connectivity index (χ0v) is 10.9. The van der Waals surface area contributed by atoms with Crippen LogP contribution in [0.4, 0.5) is 0 Å². The van der Waals surface area contributed by atoms with E-state index in [-0.39, 0.29) is 6.04 Å². The third-order valence-corrected chi connectivity index (χ3v) is 4.16. The third kappa shape index (κ3) is 2.17. The minimum absolute atomic E-state index is 0.129. The van der Waals surface area contributed by atoms with Crippen molar-refractivity contribution >= 4 is 0 Å². The molecule has 0 amide bonds. The molecule has 1 aliphatic heterocycles. The summed E-state index contributed by atoms with van der Waals surface area (Å²) in [5, 5.41) is 0. The highest BCUT2D eigenvalue weighted by Gasteiger charge is 2.31. The number of allylic oxidation sites excluding steroid dienone is 2. The van der Waals surface area contributed by atoms with E-state index in [0.29, 0.717) is 12.0 Å².